The molecule has 0 spiro atoms. The Bertz CT molecular complexity index is 466. The number of hydrogen-bond acceptors (Lipinski definition) is 3. The topological polar surface area (TPSA) is 52.9 Å². The highest BCUT2D eigenvalue weighted by Crippen LogP contribution is 2.15. The third kappa shape index (κ3) is 6.63. The van der Waals surface area contributed by atoms with E-state index in [2.05, 4.69) is 25.2 Å². The number of anilines is 1. The van der Waals surface area contributed by atoms with Crippen LogP contribution in [0.2, 0.25) is 0 Å². The summed E-state index contributed by atoms with van der Waals surface area (Å²) >= 11 is 1.91. The van der Waals surface area contributed by atoms with Gasteiger partial charge in [0.05, 0.1) is 11.3 Å². The zero-order valence-electron chi connectivity index (χ0n) is 12.2. The molecule has 20 heavy (non-hydrogen) atoms. The van der Waals surface area contributed by atoms with Crippen molar-refractivity contribution in [1.82, 2.24) is 0 Å². The Morgan fingerprint density at radius 3 is 2.80 bits per heavy atom. The van der Waals surface area contributed by atoms with Crippen molar-refractivity contribution >= 4 is 23.4 Å². The number of benzene rings is 1. The fourth-order valence-corrected chi connectivity index (χ4v) is 2.85. The van der Waals surface area contributed by atoms with Gasteiger partial charge in [-0.1, -0.05) is 26.0 Å². The van der Waals surface area contributed by atoms with E-state index in [-0.39, 0.29) is 5.91 Å². The second-order valence-electron chi connectivity index (χ2n) is 5.10. The average molecular weight is 290 g/mol. The van der Waals surface area contributed by atoms with E-state index in [0.717, 1.165) is 23.8 Å². The van der Waals surface area contributed by atoms with Gasteiger partial charge in [0.2, 0.25) is 5.91 Å². The van der Waals surface area contributed by atoms with Crippen LogP contribution < -0.4 is 5.32 Å². The zero-order valence-corrected chi connectivity index (χ0v) is 13.0. The molecule has 1 amide bonds. The molecule has 0 heterocycles. The third-order valence-electron chi connectivity index (χ3n) is 2.85. The molecule has 1 aromatic carbocycles. The molecule has 4 heteroatoms. The standard InChI is InChI=1S/C16H22N2OS/c1-13(2)9-11-20-10-5-8-16(19)18-15-7-4-3-6-14(15)12-17/h3-4,6-7,13H,5,8-11H2,1-2H3,(H,18,19). The van der Waals surface area contributed by atoms with Crippen molar-refractivity contribution in [2.24, 2.45) is 5.92 Å². The second kappa shape index (κ2) is 9.44. The Morgan fingerprint density at radius 1 is 1.35 bits per heavy atom. The van der Waals surface area contributed by atoms with Gasteiger partial charge in [-0.2, -0.15) is 17.0 Å². The van der Waals surface area contributed by atoms with Crippen molar-refractivity contribution in [3.05, 3.63) is 29.8 Å². The molecule has 0 unspecified atom stereocenters. The van der Waals surface area contributed by atoms with E-state index in [0.29, 0.717) is 17.7 Å². The van der Waals surface area contributed by atoms with Gasteiger partial charge in [-0.15, -0.1) is 0 Å². The van der Waals surface area contributed by atoms with Gasteiger partial charge in [0.25, 0.3) is 0 Å². The quantitative estimate of drug-likeness (QED) is 0.735. The van der Waals surface area contributed by atoms with Gasteiger partial charge < -0.3 is 5.32 Å². The molecule has 0 saturated carbocycles. The van der Waals surface area contributed by atoms with Gasteiger partial charge in [-0.25, -0.2) is 0 Å². The van der Waals surface area contributed by atoms with Crippen LogP contribution in [0, 0.1) is 17.2 Å². The highest BCUT2D eigenvalue weighted by atomic mass is 32.2. The smallest absolute Gasteiger partial charge is 0.224 e. The molecular weight excluding hydrogens is 268 g/mol. The summed E-state index contributed by atoms with van der Waals surface area (Å²) in [5.74, 6) is 2.90. The van der Waals surface area contributed by atoms with E-state index in [4.69, 9.17) is 5.26 Å². The van der Waals surface area contributed by atoms with Gasteiger partial charge in [0.1, 0.15) is 6.07 Å². The maximum atomic E-state index is 11.8. The maximum Gasteiger partial charge on any atom is 0.224 e. The Labute approximate surface area is 125 Å². The molecule has 0 radical (unpaired) electrons. The number of nitrogens with one attached hydrogen (secondary N) is 1. The van der Waals surface area contributed by atoms with Gasteiger partial charge in [-0.3, -0.25) is 4.79 Å². The highest BCUT2D eigenvalue weighted by molar-refractivity contribution is 7.99. The van der Waals surface area contributed by atoms with E-state index in [1.807, 2.05) is 17.8 Å². The number of hydrogen-bond donors (Lipinski definition) is 1. The van der Waals surface area contributed by atoms with Gasteiger partial charge in [0, 0.05) is 6.42 Å². The number of nitrogens with zero attached hydrogens (tertiary/aromatic N) is 1. The Balaban J connectivity index is 2.22. The molecule has 1 aromatic rings. The van der Waals surface area contributed by atoms with Gasteiger partial charge in [-0.05, 0) is 42.4 Å². The molecule has 108 valence electrons. The number of nitriles is 1. The fourth-order valence-electron chi connectivity index (χ4n) is 1.66. The Hall–Kier alpha value is -1.47. The molecule has 1 N–H and O–H groups in total. The summed E-state index contributed by atoms with van der Waals surface area (Å²) in [6, 6.07) is 9.15. The summed E-state index contributed by atoms with van der Waals surface area (Å²) in [7, 11) is 0. The maximum absolute atomic E-state index is 11.8. The van der Waals surface area contributed by atoms with Crippen LogP contribution in [0.3, 0.4) is 0 Å². The number of amides is 1. The zero-order chi connectivity index (χ0) is 14.8. The van der Waals surface area contributed by atoms with Gasteiger partial charge >= 0.3 is 0 Å². The molecule has 3 nitrogen and oxygen atoms in total. The number of rotatable bonds is 8. The van der Waals surface area contributed by atoms with Crippen molar-refractivity contribution in [3.63, 3.8) is 0 Å². The molecule has 0 bridgehead atoms. The predicted molar refractivity (Wildman–Crippen MR) is 85.8 cm³/mol. The lowest BCUT2D eigenvalue weighted by atomic mass is 10.2. The number of carbonyl (C=O) groups is 1. The van der Waals surface area contributed by atoms with E-state index < -0.39 is 0 Å². The van der Waals surface area contributed by atoms with Crippen LogP contribution in [-0.4, -0.2) is 17.4 Å². The van der Waals surface area contributed by atoms with Crippen molar-refractivity contribution in [3.8, 4) is 6.07 Å². The third-order valence-corrected chi connectivity index (χ3v) is 3.96. The molecule has 1 rings (SSSR count). The van der Waals surface area contributed by atoms with Crippen LogP contribution in [0.4, 0.5) is 5.69 Å². The number of para-hydroxylation sites is 1. The summed E-state index contributed by atoms with van der Waals surface area (Å²) in [4.78, 5) is 11.8. The molecule has 0 fully saturated rings. The van der Waals surface area contributed by atoms with E-state index in [1.165, 1.54) is 6.42 Å². The molecule has 0 aliphatic rings. The molecule has 0 aliphatic heterocycles. The van der Waals surface area contributed by atoms with Gasteiger partial charge in [0.15, 0.2) is 0 Å². The monoisotopic (exact) mass is 290 g/mol. The minimum atomic E-state index is -0.0165. The fraction of sp³-hybridized carbons (Fsp3) is 0.500. The lowest BCUT2D eigenvalue weighted by molar-refractivity contribution is -0.116. The summed E-state index contributed by atoms with van der Waals surface area (Å²) < 4.78 is 0. The molecular formula is C16H22N2OS. The second-order valence-corrected chi connectivity index (χ2v) is 6.33. The minimum absolute atomic E-state index is 0.0165. The van der Waals surface area contributed by atoms with Crippen LogP contribution in [0.5, 0.6) is 0 Å². The normalized spacial score (nSPS) is 10.3. The first kappa shape index (κ1) is 16.6. The lowest BCUT2D eigenvalue weighted by Gasteiger charge is -2.07. The van der Waals surface area contributed by atoms with Crippen molar-refractivity contribution in [1.29, 1.82) is 5.26 Å². The van der Waals surface area contributed by atoms with Crippen LogP contribution in [0.15, 0.2) is 24.3 Å². The average Bonchev–Trinajstić information content (AvgIpc) is 2.43. The summed E-state index contributed by atoms with van der Waals surface area (Å²) in [5, 5.41) is 11.7. The van der Waals surface area contributed by atoms with Crippen LogP contribution in [-0.2, 0) is 4.79 Å². The molecule has 0 atom stereocenters. The molecule has 0 aromatic heterocycles. The Kier molecular flexibility index (Phi) is 7.82. The number of thioether (sulfide) groups is 1. The first-order valence-corrected chi connectivity index (χ1v) is 8.15. The first-order valence-electron chi connectivity index (χ1n) is 7.00. The Morgan fingerprint density at radius 2 is 2.10 bits per heavy atom. The minimum Gasteiger partial charge on any atom is -0.325 e. The van der Waals surface area contributed by atoms with Crippen LogP contribution in [0.25, 0.3) is 0 Å². The van der Waals surface area contributed by atoms with Crippen LogP contribution >= 0.6 is 11.8 Å². The SMILES string of the molecule is CC(C)CCSCCCC(=O)Nc1ccccc1C#N. The number of carbonyl (C=O) groups excluding carboxylic acids is 1. The predicted octanol–water partition coefficient (Wildman–Crippen LogP) is 4.06. The van der Waals surface area contributed by atoms with E-state index >= 15 is 0 Å². The molecule has 0 saturated heterocycles. The van der Waals surface area contributed by atoms with E-state index in [1.54, 1.807) is 18.2 Å². The van der Waals surface area contributed by atoms with E-state index in [9.17, 15) is 4.79 Å². The summed E-state index contributed by atoms with van der Waals surface area (Å²) in [5.41, 5.74) is 1.11. The van der Waals surface area contributed by atoms with Crippen molar-refractivity contribution in [2.75, 3.05) is 16.8 Å². The highest BCUT2D eigenvalue weighted by Gasteiger charge is 2.05. The van der Waals surface area contributed by atoms with Crippen molar-refractivity contribution in [2.45, 2.75) is 33.1 Å². The van der Waals surface area contributed by atoms with Crippen molar-refractivity contribution < 1.29 is 4.79 Å². The summed E-state index contributed by atoms with van der Waals surface area (Å²) in [6.45, 7) is 4.45. The lowest BCUT2D eigenvalue weighted by Crippen LogP contribution is -2.12. The van der Waals surface area contributed by atoms with Crippen LogP contribution in [0.1, 0.15) is 38.7 Å². The summed E-state index contributed by atoms with van der Waals surface area (Å²) in [6.07, 6.45) is 2.62. The molecule has 0 aliphatic carbocycles. The first-order chi connectivity index (χ1) is 9.63. The largest absolute Gasteiger partial charge is 0.325 e.